The Kier molecular flexibility index (Phi) is 7.76. The largest absolute Gasteiger partial charge is 0.339 e. The summed E-state index contributed by atoms with van der Waals surface area (Å²) in [4.78, 5) is 28.0. The lowest BCUT2D eigenvalue weighted by molar-refractivity contribution is -0.115. The zero-order chi connectivity index (χ0) is 21.3. The number of carbonyl (C=O) groups is 2. The van der Waals surface area contributed by atoms with E-state index < -0.39 is 0 Å². The van der Waals surface area contributed by atoms with Crippen LogP contribution in [0.4, 0.5) is 5.69 Å². The summed E-state index contributed by atoms with van der Waals surface area (Å²) >= 11 is 1.66. The number of rotatable bonds is 9. The third-order valence-corrected chi connectivity index (χ3v) is 5.81. The van der Waals surface area contributed by atoms with E-state index >= 15 is 0 Å². The number of amides is 2. The zero-order valence-electron chi connectivity index (χ0n) is 17.3. The number of anilines is 1. The predicted molar refractivity (Wildman–Crippen MR) is 123 cm³/mol. The van der Waals surface area contributed by atoms with Crippen LogP contribution in [0.25, 0.3) is 0 Å². The second-order valence-corrected chi connectivity index (χ2v) is 7.83. The maximum atomic E-state index is 12.6. The van der Waals surface area contributed by atoms with Crippen molar-refractivity contribution in [3.05, 3.63) is 88.1 Å². The van der Waals surface area contributed by atoms with Gasteiger partial charge in [-0.15, -0.1) is 11.3 Å². The van der Waals surface area contributed by atoms with Crippen molar-refractivity contribution in [2.75, 3.05) is 25.0 Å². The van der Waals surface area contributed by atoms with Crippen LogP contribution in [-0.4, -0.2) is 36.3 Å². The maximum absolute atomic E-state index is 12.6. The lowest BCUT2D eigenvalue weighted by atomic mass is 10.1. The fourth-order valence-corrected chi connectivity index (χ4v) is 4.13. The van der Waals surface area contributed by atoms with Gasteiger partial charge in [0.25, 0.3) is 5.91 Å². The summed E-state index contributed by atoms with van der Waals surface area (Å²) in [5.41, 5.74) is 2.30. The van der Waals surface area contributed by atoms with E-state index in [4.69, 9.17) is 0 Å². The molecule has 0 aliphatic heterocycles. The quantitative estimate of drug-likeness (QED) is 0.533. The van der Waals surface area contributed by atoms with E-state index in [2.05, 4.69) is 28.8 Å². The van der Waals surface area contributed by atoms with Gasteiger partial charge in [-0.1, -0.05) is 42.5 Å². The number of carbonyl (C=O) groups excluding carboxylic acids is 2. The van der Waals surface area contributed by atoms with Crippen molar-refractivity contribution < 1.29 is 9.59 Å². The highest BCUT2D eigenvalue weighted by Gasteiger charge is 2.17. The van der Waals surface area contributed by atoms with E-state index in [9.17, 15) is 9.59 Å². The molecule has 2 N–H and O–H groups in total. The average Bonchev–Trinajstić information content (AvgIpc) is 3.30. The van der Waals surface area contributed by atoms with Crippen molar-refractivity contribution in [3.8, 4) is 0 Å². The Morgan fingerprint density at radius 3 is 2.40 bits per heavy atom. The Bertz CT molecular complexity index is 954. The highest BCUT2D eigenvalue weighted by atomic mass is 32.1. The average molecular weight is 422 g/mol. The molecule has 0 aliphatic rings. The normalized spacial score (nSPS) is 11.7. The van der Waals surface area contributed by atoms with Crippen LogP contribution in [0.15, 0.2) is 72.1 Å². The Balaban J connectivity index is 1.65. The highest BCUT2D eigenvalue weighted by molar-refractivity contribution is 7.10. The van der Waals surface area contributed by atoms with E-state index in [1.807, 2.05) is 43.5 Å². The topological polar surface area (TPSA) is 61.4 Å². The fraction of sp³-hybridized carbons (Fsp3) is 0.250. The van der Waals surface area contributed by atoms with Gasteiger partial charge >= 0.3 is 0 Å². The third-order valence-electron chi connectivity index (χ3n) is 4.87. The molecule has 0 radical (unpaired) electrons. The minimum Gasteiger partial charge on any atom is -0.339 e. The van der Waals surface area contributed by atoms with E-state index in [-0.39, 0.29) is 24.4 Å². The summed E-state index contributed by atoms with van der Waals surface area (Å²) < 4.78 is 0. The molecule has 0 saturated heterocycles. The molecule has 3 rings (SSSR count). The molecule has 3 aromatic rings. The fourth-order valence-electron chi connectivity index (χ4n) is 3.31. The van der Waals surface area contributed by atoms with Crippen LogP contribution in [0.5, 0.6) is 0 Å². The SMILES string of the molecule is CCN(CC)C(=O)c1cccc(NC(=O)CN[C@@H](c2ccccc2)c2cccs2)c1. The van der Waals surface area contributed by atoms with Crippen LogP contribution in [0.1, 0.15) is 40.7 Å². The number of hydrogen-bond donors (Lipinski definition) is 2. The molecule has 6 heteroatoms. The van der Waals surface area contributed by atoms with Crippen LogP contribution in [0.3, 0.4) is 0 Å². The summed E-state index contributed by atoms with van der Waals surface area (Å²) in [6, 6.07) is 21.2. The molecule has 0 unspecified atom stereocenters. The van der Waals surface area contributed by atoms with Gasteiger partial charge in [-0.05, 0) is 49.1 Å². The number of nitrogens with zero attached hydrogens (tertiary/aromatic N) is 1. The molecule has 0 aliphatic carbocycles. The first kappa shape index (κ1) is 21.7. The minimum absolute atomic E-state index is 0.0314. The summed E-state index contributed by atoms with van der Waals surface area (Å²) in [7, 11) is 0. The van der Waals surface area contributed by atoms with E-state index in [1.165, 1.54) is 0 Å². The van der Waals surface area contributed by atoms with Gasteiger partial charge in [0.05, 0.1) is 12.6 Å². The van der Waals surface area contributed by atoms with Gasteiger partial charge in [0.1, 0.15) is 0 Å². The maximum Gasteiger partial charge on any atom is 0.253 e. The molecule has 2 amide bonds. The third kappa shape index (κ3) is 5.55. The van der Waals surface area contributed by atoms with Crippen molar-refractivity contribution in [1.82, 2.24) is 10.2 Å². The van der Waals surface area contributed by atoms with Gasteiger partial charge in [0.15, 0.2) is 0 Å². The molecular formula is C24H27N3O2S. The summed E-state index contributed by atoms with van der Waals surface area (Å²) in [6.07, 6.45) is 0. The molecule has 1 heterocycles. The Hall–Kier alpha value is -2.96. The second-order valence-electron chi connectivity index (χ2n) is 6.85. The molecule has 1 aromatic heterocycles. The van der Waals surface area contributed by atoms with Crippen molar-refractivity contribution >= 4 is 28.8 Å². The molecule has 0 spiro atoms. The molecule has 2 aromatic carbocycles. The number of hydrogen-bond acceptors (Lipinski definition) is 4. The van der Waals surface area contributed by atoms with Gasteiger partial charge in [0, 0.05) is 29.2 Å². The zero-order valence-corrected chi connectivity index (χ0v) is 18.1. The summed E-state index contributed by atoms with van der Waals surface area (Å²) in [5, 5.41) is 8.28. The molecule has 0 saturated carbocycles. The smallest absolute Gasteiger partial charge is 0.253 e. The second kappa shape index (κ2) is 10.7. The van der Waals surface area contributed by atoms with Crippen molar-refractivity contribution in [2.24, 2.45) is 0 Å². The molecule has 0 fully saturated rings. The van der Waals surface area contributed by atoms with Crippen molar-refractivity contribution in [2.45, 2.75) is 19.9 Å². The number of nitrogens with one attached hydrogen (secondary N) is 2. The van der Waals surface area contributed by atoms with Crippen molar-refractivity contribution in [3.63, 3.8) is 0 Å². The number of thiophene rings is 1. The molecule has 5 nitrogen and oxygen atoms in total. The Labute approximate surface area is 181 Å². The van der Waals surface area contributed by atoms with Gasteiger partial charge in [-0.2, -0.15) is 0 Å². The molecule has 0 bridgehead atoms. The Morgan fingerprint density at radius 1 is 0.967 bits per heavy atom. The first-order valence-electron chi connectivity index (χ1n) is 10.1. The van der Waals surface area contributed by atoms with Crippen LogP contribution >= 0.6 is 11.3 Å². The van der Waals surface area contributed by atoms with Gasteiger partial charge in [0.2, 0.25) is 5.91 Å². The lowest BCUT2D eigenvalue weighted by Gasteiger charge is -2.19. The first-order valence-corrected chi connectivity index (χ1v) is 11.0. The molecule has 30 heavy (non-hydrogen) atoms. The summed E-state index contributed by atoms with van der Waals surface area (Å²) in [6.45, 7) is 5.37. The minimum atomic E-state index is -0.153. The lowest BCUT2D eigenvalue weighted by Crippen LogP contribution is -2.32. The van der Waals surface area contributed by atoms with Crippen LogP contribution in [0.2, 0.25) is 0 Å². The Morgan fingerprint density at radius 2 is 1.73 bits per heavy atom. The van der Waals surface area contributed by atoms with E-state index in [0.29, 0.717) is 24.3 Å². The predicted octanol–water partition coefficient (Wildman–Crippen LogP) is 4.55. The summed E-state index contributed by atoms with van der Waals surface area (Å²) in [5.74, 6) is -0.184. The first-order chi connectivity index (χ1) is 14.6. The highest BCUT2D eigenvalue weighted by Crippen LogP contribution is 2.25. The van der Waals surface area contributed by atoms with Crippen LogP contribution < -0.4 is 10.6 Å². The van der Waals surface area contributed by atoms with E-state index in [0.717, 1.165) is 10.4 Å². The number of benzene rings is 2. The molecular weight excluding hydrogens is 394 g/mol. The van der Waals surface area contributed by atoms with Gasteiger partial charge < -0.3 is 10.2 Å². The van der Waals surface area contributed by atoms with Gasteiger partial charge in [-0.3, -0.25) is 14.9 Å². The molecule has 156 valence electrons. The van der Waals surface area contributed by atoms with Crippen LogP contribution in [-0.2, 0) is 4.79 Å². The van der Waals surface area contributed by atoms with Gasteiger partial charge in [-0.25, -0.2) is 0 Å². The van der Waals surface area contributed by atoms with Crippen LogP contribution in [0, 0.1) is 0 Å². The monoisotopic (exact) mass is 421 g/mol. The van der Waals surface area contributed by atoms with E-state index in [1.54, 1.807) is 40.5 Å². The van der Waals surface area contributed by atoms with Crippen molar-refractivity contribution in [1.29, 1.82) is 0 Å². The standard InChI is InChI=1S/C24H27N3O2S/c1-3-27(4-2)24(29)19-12-8-13-20(16-19)26-22(28)17-25-23(21-14-9-15-30-21)18-10-6-5-7-11-18/h5-16,23,25H,3-4,17H2,1-2H3,(H,26,28)/t23-/m0/s1. The molecule has 1 atom stereocenters.